The van der Waals surface area contributed by atoms with Crippen LogP contribution >= 0.6 is 11.3 Å². The Morgan fingerprint density at radius 2 is 2.37 bits per heavy atom. The Labute approximate surface area is 113 Å². The van der Waals surface area contributed by atoms with Crippen molar-refractivity contribution in [1.29, 1.82) is 0 Å². The highest BCUT2D eigenvalue weighted by molar-refractivity contribution is 7.11. The first-order valence-corrected chi connectivity index (χ1v) is 6.65. The molecule has 0 bridgehead atoms. The number of amides is 2. The lowest BCUT2D eigenvalue weighted by atomic mass is 10.2. The van der Waals surface area contributed by atoms with Gasteiger partial charge in [-0.1, -0.05) is 0 Å². The second kappa shape index (κ2) is 5.54. The van der Waals surface area contributed by atoms with E-state index < -0.39 is 24.1 Å². The van der Waals surface area contributed by atoms with Gasteiger partial charge in [0.25, 0.3) is 0 Å². The Morgan fingerprint density at radius 3 is 2.95 bits per heavy atom. The lowest BCUT2D eigenvalue weighted by Crippen LogP contribution is -2.45. The van der Waals surface area contributed by atoms with Crippen LogP contribution in [0.3, 0.4) is 0 Å². The van der Waals surface area contributed by atoms with Crippen molar-refractivity contribution >= 4 is 23.3 Å². The SMILES string of the molecule is Cc1ncc(CNC(=O)N2C[C@H](O)C[C@@H]2C(=O)O)s1. The fourth-order valence-corrected chi connectivity index (χ4v) is 2.76. The number of carboxylic acids is 1. The van der Waals surface area contributed by atoms with Crippen LogP contribution < -0.4 is 5.32 Å². The zero-order valence-corrected chi connectivity index (χ0v) is 11.2. The maximum atomic E-state index is 11.9. The number of carbonyl (C=O) groups excluding carboxylic acids is 1. The molecule has 8 heteroatoms. The molecule has 1 aromatic rings. The van der Waals surface area contributed by atoms with E-state index in [1.807, 2.05) is 6.92 Å². The molecule has 104 valence electrons. The summed E-state index contributed by atoms with van der Waals surface area (Å²) in [6, 6.07) is -1.44. The van der Waals surface area contributed by atoms with Gasteiger partial charge < -0.3 is 20.4 Å². The van der Waals surface area contributed by atoms with Crippen LogP contribution in [0.25, 0.3) is 0 Å². The maximum Gasteiger partial charge on any atom is 0.326 e. The molecule has 0 aromatic carbocycles. The number of aromatic nitrogens is 1. The smallest absolute Gasteiger partial charge is 0.326 e. The minimum absolute atomic E-state index is 0.0461. The molecule has 3 N–H and O–H groups in total. The van der Waals surface area contributed by atoms with Gasteiger partial charge in [-0.2, -0.15) is 0 Å². The number of carboxylic acid groups (broad SMARTS) is 1. The largest absolute Gasteiger partial charge is 0.480 e. The highest BCUT2D eigenvalue weighted by Crippen LogP contribution is 2.18. The number of hydrogen-bond acceptors (Lipinski definition) is 5. The van der Waals surface area contributed by atoms with Crippen LogP contribution in [0.1, 0.15) is 16.3 Å². The van der Waals surface area contributed by atoms with Crippen molar-refractivity contribution in [2.24, 2.45) is 0 Å². The lowest BCUT2D eigenvalue weighted by Gasteiger charge is -2.21. The van der Waals surface area contributed by atoms with Crippen molar-refractivity contribution in [3.05, 3.63) is 16.1 Å². The van der Waals surface area contributed by atoms with E-state index in [1.54, 1.807) is 6.20 Å². The Bertz CT molecular complexity index is 490. The number of rotatable bonds is 3. The predicted octanol–water partition coefficient (Wildman–Crippen LogP) is 0.181. The molecule has 1 aromatic heterocycles. The van der Waals surface area contributed by atoms with Gasteiger partial charge in [-0.15, -0.1) is 11.3 Å². The quantitative estimate of drug-likeness (QED) is 0.735. The number of aliphatic hydroxyl groups is 1. The van der Waals surface area contributed by atoms with Crippen LogP contribution in [0.15, 0.2) is 6.20 Å². The summed E-state index contributed by atoms with van der Waals surface area (Å²) >= 11 is 1.47. The molecule has 0 saturated carbocycles. The van der Waals surface area contributed by atoms with Gasteiger partial charge in [-0.3, -0.25) is 0 Å². The fourth-order valence-electron chi connectivity index (χ4n) is 2.02. The van der Waals surface area contributed by atoms with Crippen LogP contribution in [-0.4, -0.2) is 50.8 Å². The summed E-state index contributed by atoms with van der Waals surface area (Å²) in [5, 5.41) is 22.0. The number of likely N-dealkylation sites (tertiary alicyclic amines) is 1. The van der Waals surface area contributed by atoms with Gasteiger partial charge in [-0.05, 0) is 6.92 Å². The summed E-state index contributed by atoms with van der Waals surface area (Å²) in [4.78, 5) is 29.0. The molecule has 0 unspecified atom stereocenters. The third kappa shape index (κ3) is 3.21. The molecule has 1 aliphatic heterocycles. The zero-order valence-electron chi connectivity index (χ0n) is 10.4. The molecule has 2 atom stereocenters. The van der Waals surface area contributed by atoms with Crippen LogP contribution in [0.4, 0.5) is 4.79 Å². The monoisotopic (exact) mass is 285 g/mol. The molecule has 2 heterocycles. The molecule has 2 amide bonds. The Balaban J connectivity index is 1.93. The number of aryl methyl sites for hydroxylation is 1. The van der Waals surface area contributed by atoms with E-state index in [9.17, 15) is 14.7 Å². The first kappa shape index (κ1) is 13.8. The van der Waals surface area contributed by atoms with Gasteiger partial charge in [0.2, 0.25) is 0 Å². The molecular formula is C11H15N3O4S. The van der Waals surface area contributed by atoms with Crippen LogP contribution in [-0.2, 0) is 11.3 Å². The van der Waals surface area contributed by atoms with Crippen molar-refractivity contribution < 1.29 is 19.8 Å². The van der Waals surface area contributed by atoms with Gasteiger partial charge in [0, 0.05) is 24.0 Å². The molecule has 19 heavy (non-hydrogen) atoms. The standard InChI is InChI=1S/C11H15N3O4S/c1-6-12-3-8(19-6)4-13-11(18)14-5-7(15)2-9(14)10(16)17/h3,7,9,15H,2,4-5H2,1H3,(H,13,18)(H,16,17)/t7-,9-/m1/s1. The van der Waals surface area contributed by atoms with E-state index in [0.717, 1.165) is 14.8 Å². The summed E-state index contributed by atoms with van der Waals surface area (Å²) in [7, 11) is 0. The number of β-amino-alcohol motifs (C(OH)–C–C–N with tert-alkyl or cyclic N) is 1. The number of thiazole rings is 1. The minimum atomic E-state index is -1.10. The minimum Gasteiger partial charge on any atom is -0.480 e. The second-order valence-corrected chi connectivity index (χ2v) is 5.72. The molecule has 1 saturated heterocycles. The summed E-state index contributed by atoms with van der Waals surface area (Å²) in [5.74, 6) is -1.10. The average molecular weight is 285 g/mol. The average Bonchev–Trinajstić information content (AvgIpc) is 2.92. The van der Waals surface area contributed by atoms with Gasteiger partial charge >= 0.3 is 12.0 Å². The third-order valence-corrected chi connectivity index (χ3v) is 3.82. The number of hydrogen-bond donors (Lipinski definition) is 3. The molecule has 0 spiro atoms. The molecular weight excluding hydrogens is 270 g/mol. The maximum absolute atomic E-state index is 11.9. The molecule has 1 fully saturated rings. The first-order valence-electron chi connectivity index (χ1n) is 5.84. The van der Waals surface area contributed by atoms with Crippen LogP contribution in [0.5, 0.6) is 0 Å². The lowest BCUT2D eigenvalue weighted by molar-refractivity contribution is -0.141. The summed E-state index contributed by atoms with van der Waals surface area (Å²) < 4.78 is 0. The van der Waals surface area contributed by atoms with E-state index in [2.05, 4.69) is 10.3 Å². The Morgan fingerprint density at radius 1 is 1.63 bits per heavy atom. The van der Waals surface area contributed by atoms with Crippen molar-refractivity contribution in [2.75, 3.05) is 6.54 Å². The summed E-state index contributed by atoms with van der Waals surface area (Å²) in [6.07, 6.45) is 0.966. The van der Waals surface area contributed by atoms with E-state index in [0.29, 0.717) is 6.54 Å². The Hall–Kier alpha value is -1.67. The van der Waals surface area contributed by atoms with Gasteiger partial charge in [0.1, 0.15) is 6.04 Å². The van der Waals surface area contributed by atoms with Crippen molar-refractivity contribution in [1.82, 2.24) is 15.2 Å². The number of nitrogens with one attached hydrogen (secondary N) is 1. The van der Waals surface area contributed by atoms with Gasteiger partial charge in [-0.25, -0.2) is 14.6 Å². The van der Waals surface area contributed by atoms with Crippen molar-refractivity contribution in [3.8, 4) is 0 Å². The number of aliphatic carboxylic acids is 1. The topological polar surface area (TPSA) is 103 Å². The van der Waals surface area contributed by atoms with Crippen molar-refractivity contribution in [3.63, 3.8) is 0 Å². The van der Waals surface area contributed by atoms with Gasteiger partial charge in [0.15, 0.2) is 0 Å². The number of nitrogens with zero attached hydrogens (tertiary/aromatic N) is 2. The fraction of sp³-hybridized carbons (Fsp3) is 0.545. The van der Waals surface area contributed by atoms with E-state index in [4.69, 9.17) is 5.11 Å². The highest BCUT2D eigenvalue weighted by Gasteiger charge is 2.38. The summed E-state index contributed by atoms with van der Waals surface area (Å²) in [5.41, 5.74) is 0. The predicted molar refractivity (Wildman–Crippen MR) is 67.8 cm³/mol. The van der Waals surface area contributed by atoms with Crippen LogP contribution in [0, 0.1) is 6.92 Å². The third-order valence-electron chi connectivity index (χ3n) is 2.91. The first-order chi connectivity index (χ1) is 8.97. The molecule has 1 aliphatic rings. The van der Waals surface area contributed by atoms with E-state index in [1.165, 1.54) is 11.3 Å². The molecule has 0 radical (unpaired) electrons. The van der Waals surface area contributed by atoms with Crippen molar-refractivity contribution in [2.45, 2.75) is 32.0 Å². The normalized spacial score (nSPS) is 22.5. The molecule has 0 aliphatic carbocycles. The van der Waals surface area contributed by atoms with Gasteiger partial charge in [0.05, 0.1) is 17.7 Å². The van der Waals surface area contributed by atoms with E-state index >= 15 is 0 Å². The Kier molecular flexibility index (Phi) is 4.01. The summed E-state index contributed by atoms with van der Waals surface area (Å²) in [6.45, 7) is 2.22. The number of urea groups is 1. The molecule has 7 nitrogen and oxygen atoms in total. The van der Waals surface area contributed by atoms with E-state index in [-0.39, 0.29) is 13.0 Å². The number of aliphatic hydroxyl groups excluding tert-OH is 1. The number of carbonyl (C=O) groups is 2. The zero-order chi connectivity index (χ0) is 14.0. The second-order valence-electron chi connectivity index (χ2n) is 4.40. The molecule has 2 rings (SSSR count). The highest BCUT2D eigenvalue weighted by atomic mass is 32.1. The van der Waals surface area contributed by atoms with Crippen LogP contribution in [0.2, 0.25) is 0 Å².